The van der Waals surface area contributed by atoms with Gasteiger partial charge in [0, 0.05) is 6.42 Å². The van der Waals surface area contributed by atoms with Crippen LogP contribution in [0.4, 0.5) is 0 Å². The smallest absolute Gasteiger partial charge is 0.234 e. The van der Waals surface area contributed by atoms with Gasteiger partial charge in [0.1, 0.15) is 12.4 Å². The molecule has 0 bridgehead atoms. The second-order valence-electron chi connectivity index (χ2n) is 16.2. The second kappa shape index (κ2) is 38.4. The summed E-state index contributed by atoms with van der Waals surface area (Å²) in [4.78, 5) is 0. The van der Waals surface area contributed by atoms with Gasteiger partial charge in [-0.25, -0.2) is 9.13 Å². The van der Waals surface area contributed by atoms with E-state index in [1.54, 1.807) is 5.82 Å². The number of nitrogens with zero attached hydrogens (tertiary/aromatic N) is 2. The van der Waals surface area contributed by atoms with E-state index in [2.05, 4.69) is 42.3 Å². The van der Waals surface area contributed by atoms with E-state index in [-0.39, 0.29) is 0 Å². The molecule has 0 aliphatic rings. The van der Waals surface area contributed by atoms with Crippen molar-refractivity contribution in [3.63, 3.8) is 0 Å². The van der Waals surface area contributed by atoms with Gasteiger partial charge in [-0.1, -0.05) is 233 Å². The molecule has 0 amide bonds. The molecule has 0 aliphatic heterocycles. The molecule has 0 saturated heterocycles. The van der Waals surface area contributed by atoms with Gasteiger partial charge >= 0.3 is 0 Å². The third-order valence-corrected chi connectivity index (χ3v) is 11.3. The lowest BCUT2D eigenvalue weighted by Crippen LogP contribution is -2.37. The summed E-state index contributed by atoms with van der Waals surface area (Å²) >= 11 is 0. The lowest BCUT2D eigenvalue weighted by atomic mass is 10.0. The Morgan fingerprint density at radius 2 is 0.633 bits per heavy atom. The number of hydrogen-bond acceptors (Lipinski definition) is 0. The van der Waals surface area contributed by atoms with Crippen molar-refractivity contribution in [2.75, 3.05) is 0 Å². The third-order valence-electron chi connectivity index (χ3n) is 11.3. The second-order valence-corrected chi connectivity index (χ2v) is 16.2. The summed E-state index contributed by atoms with van der Waals surface area (Å²) in [5, 5.41) is 0. The molecule has 0 aliphatic carbocycles. The highest BCUT2D eigenvalue weighted by Crippen LogP contribution is 2.16. The Hall–Kier alpha value is -0.790. The van der Waals surface area contributed by atoms with Crippen molar-refractivity contribution < 1.29 is 4.57 Å². The van der Waals surface area contributed by atoms with Crippen LogP contribution in [-0.4, -0.2) is 4.57 Å². The fourth-order valence-corrected chi connectivity index (χ4v) is 7.92. The topological polar surface area (TPSA) is 8.81 Å². The predicted octanol–water partition coefficient (Wildman–Crippen LogP) is 16.2. The Kier molecular flexibility index (Phi) is 36.3. The minimum atomic E-state index is 1.23. The summed E-state index contributed by atoms with van der Waals surface area (Å²) < 4.78 is 5.30. The standard InChI is InChI=1S/C47H93N2/c1-4-7-10-13-16-19-22-24-25-26-27-29-32-35-38-41-44-49-46-45-48(43-40-37-34-31-28-23-20-17-14-11-8-5-2)47(49)42-39-36-33-30-21-18-15-12-9-6-3/h45-46H,4-44H2,1-3H3/q+1. The van der Waals surface area contributed by atoms with E-state index in [9.17, 15) is 0 Å². The molecule has 1 aromatic heterocycles. The largest absolute Gasteiger partial charge is 0.256 e. The molecular formula is C47H93N2+. The molecule has 1 aromatic rings. The Balaban J connectivity index is 2.25. The molecule has 1 rings (SSSR count). The average Bonchev–Trinajstić information content (AvgIpc) is 3.50. The van der Waals surface area contributed by atoms with E-state index in [1.807, 2.05) is 0 Å². The van der Waals surface area contributed by atoms with Crippen LogP contribution in [0.2, 0.25) is 0 Å². The number of aryl methyl sites for hydroxylation is 2. The third kappa shape index (κ3) is 30.5. The first-order chi connectivity index (χ1) is 24.3. The van der Waals surface area contributed by atoms with Crippen molar-refractivity contribution in [1.82, 2.24) is 4.57 Å². The Labute approximate surface area is 310 Å². The first-order valence-corrected chi connectivity index (χ1v) is 23.4. The van der Waals surface area contributed by atoms with Gasteiger partial charge in [0.25, 0.3) is 5.82 Å². The first kappa shape index (κ1) is 46.2. The van der Waals surface area contributed by atoms with Crippen molar-refractivity contribution in [2.24, 2.45) is 0 Å². The van der Waals surface area contributed by atoms with Gasteiger partial charge in [-0.2, -0.15) is 0 Å². The normalized spacial score (nSPS) is 11.7. The van der Waals surface area contributed by atoms with Crippen molar-refractivity contribution in [3.8, 4) is 0 Å². The van der Waals surface area contributed by atoms with Crippen molar-refractivity contribution in [3.05, 3.63) is 18.2 Å². The summed E-state index contributed by atoms with van der Waals surface area (Å²) in [7, 11) is 0. The summed E-state index contributed by atoms with van der Waals surface area (Å²) in [6, 6.07) is 0. The van der Waals surface area contributed by atoms with E-state index >= 15 is 0 Å². The van der Waals surface area contributed by atoms with Gasteiger partial charge in [0.05, 0.1) is 13.1 Å². The van der Waals surface area contributed by atoms with Gasteiger partial charge < -0.3 is 0 Å². The van der Waals surface area contributed by atoms with Crippen LogP contribution in [0, 0.1) is 0 Å². The van der Waals surface area contributed by atoms with E-state index in [1.165, 1.54) is 264 Å². The fourth-order valence-electron chi connectivity index (χ4n) is 7.92. The van der Waals surface area contributed by atoms with E-state index in [4.69, 9.17) is 0 Å². The van der Waals surface area contributed by atoms with Crippen molar-refractivity contribution in [2.45, 2.75) is 284 Å². The van der Waals surface area contributed by atoms with Gasteiger partial charge in [0.15, 0.2) is 0 Å². The summed E-state index contributed by atoms with van der Waals surface area (Å²) in [6.07, 6.45) is 60.8. The Morgan fingerprint density at radius 3 is 0.980 bits per heavy atom. The zero-order chi connectivity index (χ0) is 35.1. The summed E-state index contributed by atoms with van der Waals surface area (Å²) in [5.74, 6) is 1.63. The monoisotopic (exact) mass is 686 g/mol. The number of aromatic nitrogens is 2. The highest BCUT2D eigenvalue weighted by Gasteiger charge is 2.16. The van der Waals surface area contributed by atoms with Crippen LogP contribution in [0.5, 0.6) is 0 Å². The van der Waals surface area contributed by atoms with Crippen LogP contribution in [0.1, 0.15) is 271 Å². The van der Waals surface area contributed by atoms with Crippen LogP contribution in [0.3, 0.4) is 0 Å². The maximum absolute atomic E-state index is 2.65. The molecule has 0 atom stereocenters. The molecule has 0 spiro atoms. The predicted molar refractivity (Wildman–Crippen MR) is 221 cm³/mol. The SMILES string of the molecule is CCCCCCCCCCCCCCCCCCn1cc[n+](CCCCCCCCCCCCCC)c1CCCCCCCCCCCC. The molecule has 49 heavy (non-hydrogen) atoms. The molecule has 0 saturated carbocycles. The number of rotatable bonds is 41. The number of unbranched alkanes of at least 4 members (excludes halogenated alkanes) is 35. The zero-order valence-corrected chi connectivity index (χ0v) is 34.5. The Bertz CT molecular complexity index is 751. The van der Waals surface area contributed by atoms with Gasteiger partial charge in [-0.05, 0) is 32.1 Å². The minimum Gasteiger partial charge on any atom is -0.234 e. The van der Waals surface area contributed by atoms with Gasteiger partial charge in [-0.15, -0.1) is 0 Å². The van der Waals surface area contributed by atoms with Crippen molar-refractivity contribution in [1.29, 1.82) is 0 Å². The first-order valence-electron chi connectivity index (χ1n) is 23.4. The lowest BCUT2D eigenvalue weighted by Gasteiger charge is -2.07. The minimum absolute atomic E-state index is 1.23. The molecule has 0 fully saturated rings. The van der Waals surface area contributed by atoms with Gasteiger partial charge in [0.2, 0.25) is 0 Å². The molecule has 290 valence electrons. The number of imidazole rings is 1. The van der Waals surface area contributed by atoms with Crippen LogP contribution in [-0.2, 0) is 19.5 Å². The Morgan fingerprint density at radius 1 is 0.347 bits per heavy atom. The van der Waals surface area contributed by atoms with Gasteiger partial charge in [-0.3, -0.25) is 0 Å². The molecule has 0 aromatic carbocycles. The molecule has 0 radical (unpaired) electrons. The molecule has 1 heterocycles. The maximum atomic E-state index is 2.65. The average molecular weight is 686 g/mol. The summed E-state index contributed by atoms with van der Waals surface area (Å²) in [6.45, 7) is 9.41. The molecular weight excluding hydrogens is 593 g/mol. The van der Waals surface area contributed by atoms with Crippen LogP contribution >= 0.6 is 0 Å². The molecule has 0 unspecified atom stereocenters. The lowest BCUT2D eigenvalue weighted by molar-refractivity contribution is -0.704. The number of hydrogen-bond donors (Lipinski definition) is 0. The zero-order valence-electron chi connectivity index (χ0n) is 34.5. The molecule has 2 heteroatoms. The van der Waals surface area contributed by atoms with Crippen LogP contribution in [0.25, 0.3) is 0 Å². The van der Waals surface area contributed by atoms with Crippen molar-refractivity contribution >= 4 is 0 Å². The highest BCUT2D eigenvalue weighted by atomic mass is 15.1. The van der Waals surface area contributed by atoms with E-state index in [0.717, 1.165) is 0 Å². The van der Waals surface area contributed by atoms with Crippen LogP contribution in [0.15, 0.2) is 12.4 Å². The highest BCUT2D eigenvalue weighted by molar-refractivity contribution is 4.84. The molecule has 2 nitrogen and oxygen atoms in total. The maximum Gasteiger partial charge on any atom is 0.256 e. The van der Waals surface area contributed by atoms with E-state index in [0.29, 0.717) is 0 Å². The quantitative estimate of drug-likeness (QED) is 0.0479. The van der Waals surface area contributed by atoms with E-state index < -0.39 is 0 Å². The van der Waals surface area contributed by atoms with Crippen LogP contribution < -0.4 is 4.57 Å². The summed E-state index contributed by atoms with van der Waals surface area (Å²) in [5.41, 5.74) is 0. The fraction of sp³-hybridized carbons (Fsp3) is 0.936. The molecule has 0 N–H and O–H groups in total.